The number of carbonyl (C=O) groups is 4. The van der Waals surface area contributed by atoms with E-state index in [0.717, 1.165) is 5.57 Å². The van der Waals surface area contributed by atoms with Crippen LogP contribution in [0.1, 0.15) is 29.9 Å². The summed E-state index contributed by atoms with van der Waals surface area (Å²) in [6.45, 7) is 0. The van der Waals surface area contributed by atoms with Crippen molar-refractivity contribution in [1.82, 2.24) is 4.90 Å². The molecule has 3 fully saturated rings. The molecule has 4 amide bonds. The van der Waals surface area contributed by atoms with E-state index in [-0.39, 0.29) is 24.0 Å². The molecule has 0 radical (unpaired) electrons. The minimum Gasteiger partial charge on any atom is -0.508 e. The van der Waals surface area contributed by atoms with Crippen LogP contribution in [0.15, 0.2) is 84.4 Å². The van der Waals surface area contributed by atoms with Crippen LogP contribution in [0, 0.1) is 23.7 Å². The number of nitrogens with zero attached hydrogens (tertiary/aromatic N) is 2. The molecule has 0 aromatic heterocycles. The fraction of sp³-hybridized carbons (Fsp3) is 0.294. The number of phenols is 1. The van der Waals surface area contributed by atoms with E-state index in [9.17, 15) is 19.5 Å². The van der Waals surface area contributed by atoms with Gasteiger partial charge in [-0.15, -0.1) is 0 Å². The number of ether oxygens (including phenoxy) is 1. The van der Waals surface area contributed by atoms with Gasteiger partial charge in [0.1, 0.15) is 11.5 Å². The van der Waals surface area contributed by atoms with E-state index < -0.39 is 46.8 Å². The molecule has 0 unspecified atom stereocenters. The average Bonchev–Trinajstić information content (AvgIpc) is 3.38. The van der Waals surface area contributed by atoms with Crippen molar-refractivity contribution in [2.45, 2.75) is 24.2 Å². The van der Waals surface area contributed by atoms with Crippen molar-refractivity contribution < 1.29 is 29.0 Å². The Morgan fingerprint density at radius 3 is 2.40 bits per heavy atom. The first-order chi connectivity index (χ1) is 20.7. The van der Waals surface area contributed by atoms with Gasteiger partial charge in [0.25, 0.3) is 0 Å². The molecule has 1 N–H and O–H groups in total. The molecular formula is C34H29ClN2O6. The maximum atomic E-state index is 15.1. The summed E-state index contributed by atoms with van der Waals surface area (Å²) in [4.78, 5) is 58.7. The molecule has 0 bridgehead atoms. The molecule has 1 saturated carbocycles. The first kappa shape index (κ1) is 27.4. The number of carbonyl (C=O) groups excluding carboxylic acids is 4. The second-order valence-corrected chi connectivity index (χ2v) is 12.2. The van der Waals surface area contributed by atoms with E-state index in [1.807, 2.05) is 36.4 Å². The second kappa shape index (κ2) is 9.81. The minimum absolute atomic E-state index is 0.0593. The largest absolute Gasteiger partial charge is 0.508 e. The normalized spacial score (nSPS) is 29.7. The van der Waals surface area contributed by atoms with Gasteiger partial charge in [-0.2, -0.15) is 0 Å². The van der Waals surface area contributed by atoms with Gasteiger partial charge in [0.2, 0.25) is 23.6 Å². The number of phenolic OH excluding ortho intramolecular Hbond substituents is 1. The summed E-state index contributed by atoms with van der Waals surface area (Å²) >= 11 is 6.33. The molecule has 2 aliphatic carbocycles. The maximum absolute atomic E-state index is 15.1. The molecule has 6 atom stereocenters. The molecule has 0 spiro atoms. The van der Waals surface area contributed by atoms with Crippen LogP contribution < -0.4 is 9.64 Å². The van der Waals surface area contributed by atoms with E-state index in [1.165, 1.54) is 30.0 Å². The highest BCUT2D eigenvalue weighted by Gasteiger charge is 2.70. The van der Waals surface area contributed by atoms with Gasteiger partial charge in [0.15, 0.2) is 0 Å². The summed E-state index contributed by atoms with van der Waals surface area (Å²) in [6.07, 6.45) is 2.47. The van der Waals surface area contributed by atoms with Gasteiger partial charge >= 0.3 is 0 Å². The smallest absolute Gasteiger partial charge is 0.246 e. The Labute approximate surface area is 253 Å². The van der Waals surface area contributed by atoms with E-state index in [4.69, 9.17) is 16.3 Å². The van der Waals surface area contributed by atoms with Gasteiger partial charge in [-0.05, 0) is 60.7 Å². The Morgan fingerprint density at radius 1 is 0.907 bits per heavy atom. The van der Waals surface area contributed by atoms with Gasteiger partial charge in [0.05, 0.1) is 36.0 Å². The molecule has 3 aromatic rings. The summed E-state index contributed by atoms with van der Waals surface area (Å²) in [6, 6.07) is 20.7. The Morgan fingerprint density at radius 2 is 1.67 bits per heavy atom. The standard InChI is InChI=1S/C34H29ClN2O6/c1-36-30(39)23-13-12-22-24(28(23)32(36)41)17-26-31(40)37(20-10-6-9-19(35)15-20)33(42)34(26,18-7-4-3-5-8-18)29(22)25-16-21(43-2)11-14-27(25)38/h3-12,14-16,23-24,26,28-29,38H,13,17H2,1-2H3/t23-,24+,26-,28-,29+,34+/m0/s1. The number of halogens is 1. The number of aromatic hydroxyl groups is 1. The molecule has 8 nitrogen and oxygen atoms in total. The monoisotopic (exact) mass is 596 g/mol. The third kappa shape index (κ3) is 3.69. The zero-order valence-corrected chi connectivity index (χ0v) is 24.3. The van der Waals surface area contributed by atoms with E-state index in [1.54, 1.807) is 36.4 Å². The molecule has 2 heterocycles. The predicted octanol–water partition coefficient (Wildman–Crippen LogP) is 4.85. The number of rotatable bonds is 4. The van der Waals surface area contributed by atoms with E-state index in [0.29, 0.717) is 34.0 Å². The predicted molar refractivity (Wildman–Crippen MR) is 159 cm³/mol. The van der Waals surface area contributed by atoms with Crippen molar-refractivity contribution in [3.8, 4) is 11.5 Å². The number of anilines is 1. The SMILES string of the molecule is COc1ccc(O)c([C@H]2C3=CC[C@@H]4C(=O)N(C)C(=O)[C@@H]4[C@@H]3C[C@H]3C(=O)N(c4cccc(Cl)c4)C(=O)[C@@]23c2ccccc2)c1. The molecule has 9 heteroatoms. The fourth-order valence-corrected chi connectivity index (χ4v) is 8.32. The quantitative estimate of drug-likeness (QED) is 0.341. The van der Waals surface area contributed by atoms with Crippen molar-refractivity contribution in [2.24, 2.45) is 23.7 Å². The number of methoxy groups -OCH3 is 1. The average molecular weight is 597 g/mol. The Hall–Kier alpha value is -4.43. The lowest BCUT2D eigenvalue weighted by atomic mass is 9.49. The van der Waals surface area contributed by atoms with Gasteiger partial charge in [-0.25, -0.2) is 4.90 Å². The van der Waals surface area contributed by atoms with Crippen LogP contribution in [0.4, 0.5) is 5.69 Å². The number of imide groups is 2. The number of benzene rings is 3. The van der Waals surface area contributed by atoms with Crippen LogP contribution in [0.3, 0.4) is 0 Å². The number of fused-ring (bicyclic) bond motifs is 4. The zero-order valence-electron chi connectivity index (χ0n) is 23.6. The second-order valence-electron chi connectivity index (χ2n) is 11.8. The van der Waals surface area contributed by atoms with Crippen molar-refractivity contribution in [3.63, 3.8) is 0 Å². The Bertz CT molecular complexity index is 1740. The Balaban J connectivity index is 1.54. The lowest BCUT2D eigenvalue weighted by Crippen LogP contribution is -2.53. The number of hydrogen-bond donors (Lipinski definition) is 1. The van der Waals surface area contributed by atoms with Gasteiger partial charge in [-0.3, -0.25) is 24.1 Å². The number of hydrogen-bond acceptors (Lipinski definition) is 6. The van der Waals surface area contributed by atoms with Crippen molar-refractivity contribution in [3.05, 3.63) is 101 Å². The molecule has 7 rings (SSSR count). The maximum Gasteiger partial charge on any atom is 0.246 e. The van der Waals surface area contributed by atoms with E-state index >= 15 is 4.79 Å². The highest BCUT2D eigenvalue weighted by molar-refractivity contribution is 6.32. The van der Waals surface area contributed by atoms with Crippen molar-refractivity contribution in [2.75, 3.05) is 19.1 Å². The first-order valence-electron chi connectivity index (χ1n) is 14.3. The Kier molecular flexibility index (Phi) is 6.25. The molecule has 43 heavy (non-hydrogen) atoms. The zero-order chi connectivity index (χ0) is 30.2. The van der Waals surface area contributed by atoms with E-state index in [2.05, 4.69) is 0 Å². The number of allylic oxidation sites excluding steroid dienone is 2. The fourth-order valence-electron chi connectivity index (χ4n) is 8.14. The van der Waals surface area contributed by atoms with Gasteiger partial charge in [-0.1, -0.05) is 59.6 Å². The number of amides is 4. The van der Waals surface area contributed by atoms with Crippen LogP contribution in [0.2, 0.25) is 5.02 Å². The van der Waals surface area contributed by atoms with Crippen LogP contribution in [0.5, 0.6) is 11.5 Å². The lowest BCUT2D eigenvalue weighted by molar-refractivity contribution is -0.138. The topological polar surface area (TPSA) is 104 Å². The van der Waals surface area contributed by atoms with Crippen molar-refractivity contribution in [1.29, 1.82) is 0 Å². The molecule has 218 valence electrons. The summed E-state index contributed by atoms with van der Waals surface area (Å²) in [5.74, 6) is -4.36. The lowest BCUT2D eigenvalue weighted by Gasteiger charge is -2.50. The highest BCUT2D eigenvalue weighted by atomic mass is 35.5. The highest BCUT2D eigenvalue weighted by Crippen LogP contribution is 2.65. The minimum atomic E-state index is -1.46. The summed E-state index contributed by atoms with van der Waals surface area (Å²) in [7, 11) is 3.01. The third-order valence-electron chi connectivity index (χ3n) is 9.93. The molecular weight excluding hydrogens is 568 g/mol. The van der Waals surface area contributed by atoms with Crippen LogP contribution in [0.25, 0.3) is 0 Å². The van der Waals surface area contributed by atoms with Crippen LogP contribution in [-0.2, 0) is 24.6 Å². The van der Waals surface area contributed by atoms with Gasteiger partial charge < -0.3 is 9.84 Å². The summed E-state index contributed by atoms with van der Waals surface area (Å²) in [5, 5.41) is 11.8. The molecule has 2 saturated heterocycles. The van der Waals surface area contributed by atoms with Gasteiger partial charge in [0, 0.05) is 23.6 Å². The number of likely N-dealkylation sites (tertiary alicyclic amines) is 1. The van der Waals surface area contributed by atoms with Crippen LogP contribution >= 0.6 is 11.6 Å². The van der Waals surface area contributed by atoms with Crippen molar-refractivity contribution >= 4 is 40.9 Å². The molecule has 4 aliphatic rings. The van der Waals surface area contributed by atoms with Crippen LogP contribution in [-0.4, -0.2) is 47.8 Å². The molecule has 2 aliphatic heterocycles. The third-order valence-corrected chi connectivity index (χ3v) is 10.2. The molecule has 3 aromatic carbocycles. The summed E-state index contributed by atoms with van der Waals surface area (Å²) in [5.41, 5.74) is 0.708. The first-order valence-corrected chi connectivity index (χ1v) is 14.7. The summed E-state index contributed by atoms with van der Waals surface area (Å²) < 4.78 is 5.54.